The highest BCUT2D eigenvalue weighted by Gasteiger charge is 2.27. The molecule has 1 fully saturated rings. The van der Waals surface area contributed by atoms with Gasteiger partial charge in [0.2, 0.25) is 0 Å². The molecule has 1 aliphatic carbocycles. The third-order valence-electron chi connectivity index (χ3n) is 3.08. The number of hydrogen-bond acceptors (Lipinski definition) is 3. The third kappa shape index (κ3) is 3.84. The molecule has 1 aliphatic rings. The fraction of sp³-hybridized carbons (Fsp3) is 0.750. The van der Waals surface area contributed by atoms with Crippen LogP contribution >= 0.6 is 0 Å². The molecule has 0 heterocycles. The molecule has 1 rings (SSSR count). The fourth-order valence-electron chi connectivity index (χ4n) is 2.27. The van der Waals surface area contributed by atoms with Gasteiger partial charge in [-0.15, -0.1) is 6.42 Å². The van der Waals surface area contributed by atoms with Crippen LogP contribution in [0, 0.1) is 12.3 Å². The number of ether oxygens (including phenoxy) is 1. The topological polar surface area (TPSA) is 49.8 Å². The van der Waals surface area contributed by atoms with Crippen LogP contribution in [-0.4, -0.2) is 48.3 Å². The minimum absolute atomic E-state index is 0.0191. The lowest BCUT2D eigenvalue weighted by molar-refractivity contribution is -0.139. The molecule has 2 atom stereocenters. The highest BCUT2D eigenvalue weighted by molar-refractivity contribution is 5.69. The van der Waals surface area contributed by atoms with E-state index in [4.69, 9.17) is 16.3 Å². The third-order valence-corrected chi connectivity index (χ3v) is 3.08. The van der Waals surface area contributed by atoms with E-state index < -0.39 is 5.97 Å². The summed E-state index contributed by atoms with van der Waals surface area (Å²) in [7, 11) is 1.70. The smallest absolute Gasteiger partial charge is 0.317 e. The highest BCUT2D eigenvalue weighted by atomic mass is 16.5. The van der Waals surface area contributed by atoms with E-state index in [1.807, 2.05) is 4.90 Å². The summed E-state index contributed by atoms with van der Waals surface area (Å²) in [6.07, 6.45) is 9.53. The molecular formula is C12H19NO3. The van der Waals surface area contributed by atoms with Gasteiger partial charge >= 0.3 is 5.97 Å². The second kappa shape index (κ2) is 6.51. The van der Waals surface area contributed by atoms with E-state index in [0.717, 1.165) is 25.7 Å². The highest BCUT2D eigenvalue weighted by Crippen LogP contribution is 2.24. The van der Waals surface area contributed by atoms with Crippen LogP contribution in [0.1, 0.15) is 25.7 Å². The van der Waals surface area contributed by atoms with Crippen LogP contribution in [0.25, 0.3) is 0 Å². The van der Waals surface area contributed by atoms with Crippen molar-refractivity contribution < 1.29 is 14.6 Å². The zero-order chi connectivity index (χ0) is 12.0. The molecule has 0 amide bonds. The Labute approximate surface area is 96.6 Å². The maximum Gasteiger partial charge on any atom is 0.317 e. The zero-order valence-electron chi connectivity index (χ0n) is 9.69. The zero-order valence-corrected chi connectivity index (χ0v) is 9.69. The molecule has 0 aromatic carbocycles. The normalized spacial score (nSPS) is 25.3. The lowest BCUT2D eigenvalue weighted by atomic mass is 9.91. The van der Waals surface area contributed by atoms with Gasteiger partial charge in [-0.05, 0) is 25.7 Å². The van der Waals surface area contributed by atoms with Crippen molar-refractivity contribution in [3.63, 3.8) is 0 Å². The van der Waals surface area contributed by atoms with Crippen molar-refractivity contribution in [2.24, 2.45) is 0 Å². The summed E-state index contributed by atoms with van der Waals surface area (Å²) in [5.74, 6) is 1.70. The van der Waals surface area contributed by atoms with Crippen LogP contribution in [0.2, 0.25) is 0 Å². The first-order valence-electron chi connectivity index (χ1n) is 5.59. The minimum Gasteiger partial charge on any atom is -0.480 e. The molecule has 0 saturated heterocycles. The summed E-state index contributed by atoms with van der Waals surface area (Å²) < 4.78 is 5.33. The van der Waals surface area contributed by atoms with Crippen molar-refractivity contribution in [1.29, 1.82) is 0 Å². The van der Waals surface area contributed by atoms with E-state index in [9.17, 15) is 4.79 Å². The van der Waals surface area contributed by atoms with Crippen LogP contribution in [0.5, 0.6) is 0 Å². The van der Waals surface area contributed by atoms with Gasteiger partial charge in [0.1, 0.15) is 0 Å². The average molecular weight is 225 g/mol. The largest absolute Gasteiger partial charge is 0.480 e. The molecule has 0 aliphatic heterocycles. The van der Waals surface area contributed by atoms with Crippen molar-refractivity contribution in [2.75, 3.05) is 20.2 Å². The second-order valence-electron chi connectivity index (χ2n) is 4.18. The number of terminal acetylenes is 1. The maximum atomic E-state index is 10.7. The number of nitrogens with zero attached hydrogens (tertiary/aromatic N) is 1. The molecule has 16 heavy (non-hydrogen) atoms. The molecule has 4 nitrogen and oxygen atoms in total. The Morgan fingerprint density at radius 2 is 2.38 bits per heavy atom. The Morgan fingerprint density at radius 3 is 2.94 bits per heavy atom. The first-order valence-corrected chi connectivity index (χ1v) is 5.59. The molecule has 0 radical (unpaired) electrons. The SMILES string of the molecule is C#CCN(CC(=O)O)C1CCCC(OC)C1. The number of carboxylic acids is 1. The second-order valence-corrected chi connectivity index (χ2v) is 4.18. The van der Waals surface area contributed by atoms with Gasteiger partial charge in [0.25, 0.3) is 0 Å². The number of carboxylic acid groups (broad SMARTS) is 1. The van der Waals surface area contributed by atoms with Gasteiger partial charge in [-0.25, -0.2) is 0 Å². The number of methoxy groups -OCH3 is 1. The number of carbonyl (C=O) groups is 1. The van der Waals surface area contributed by atoms with Crippen molar-refractivity contribution in [3.05, 3.63) is 0 Å². The Hall–Kier alpha value is -1.05. The fourth-order valence-corrected chi connectivity index (χ4v) is 2.27. The summed E-state index contributed by atoms with van der Waals surface area (Å²) in [4.78, 5) is 12.6. The summed E-state index contributed by atoms with van der Waals surface area (Å²) >= 11 is 0. The van der Waals surface area contributed by atoms with E-state index in [0.29, 0.717) is 6.54 Å². The number of hydrogen-bond donors (Lipinski definition) is 1. The Bertz CT molecular complexity index is 272. The van der Waals surface area contributed by atoms with Crippen molar-refractivity contribution in [2.45, 2.75) is 37.8 Å². The van der Waals surface area contributed by atoms with Crippen LogP contribution in [0.4, 0.5) is 0 Å². The molecule has 2 unspecified atom stereocenters. The quantitative estimate of drug-likeness (QED) is 0.708. The number of rotatable bonds is 5. The van der Waals surface area contributed by atoms with Gasteiger partial charge in [-0.2, -0.15) is 0 Å². The van der Waals surface area contributed by atoms with E-state index in [2.05, 4.69) is 5.92 Å². The van der Waals surface area contributed by atoms with Gasteiger partial charge in [0.15, 0.2) is 0 Å². The Balaban J connectivity index is 2.55. The Kier molecular flexibility index (Phi) is 5.30. The van der Waals surface area contributed by atoms with Gasteiger partial charge in [0, 0.05) is 13.2 Å². The summed E-state index contributed by atoms with van der Waals surface area (Å²) in [6.45, 7) is 0.415. The average Bonchev–Trinajstić information content (AvgIpc) is 2.28. The van der Waals surface area contributed by atoms with E-state index >= 15 is 0 Å². The Morgan fingerprint density at radius 1 is 1.62 bits per heavy atom. The predicted octanol–water partition coefficient (Wildman–Crippen LogP) is 0.964. The molecule has 1 N–H and O–H groups in total. The predicted molar refractivity (Wildman–Crippen MR) is 61.1 cm³/mol. The van der Waals surface area contributed by atoms with Gasteiger partial charge < -0.3 is 9.84 Å². The van der Waals surface area contributed by atoms with Crippen molar-refractivity contribution in [1.82, 2.24) is 4.90 Å². The minimum atomic E-state index is -0.824. The monoisotopic (exact) mass is 225 g/mol. The molecule has 0 spiro atoms. The summed E-state index contributed by atoms with van der Waals surface area (Å²) in [5.41, 5.74) is 0. The molecule has 0 aromatic rings. The number of aliphatic carboxylic acids is 1. The van der Waals surface area contributed by atoms with Gasteiger partial charge in [-0.3, -0.25) is 9.69 Å². The standard InChI is InChI=1S/C12H19NO3/c1-3-7-13(9-12(14)15)10-5-4-6-11(8-10)16-2/h1,10-11H,4-9H2,2H3,(H,14,15). The maximum absolute atomic E-state index is 10.7. The first kappa shape index (κ1) is 13.0. The molecule has 0 aromatic heterocycles. The molecular weight excluding hydrogens is 206 g/mol. The van der Waals surface area contributed by atoms with Crippen molar-refractivity contribution in [3.8, 4) is 12.3 Å². The van der Waals surface area contributed by atoms with E-state index in [1.54, 1.807) is 7.11 Å². The van der Waals surface area contributed by atoms with Gasteiger partial charge in [0.05, 0.1) is 19.2 Å². The van der Waals surface area contributed by atoms with Crippen LogP contribution < -0.4 is 0 Å². The lowest BCUT2D eigenvalue weighted by Crippen LogP contribution is -2.43. The van der Waals surface area contributed by atoms with Crippen molar-refractivity contribution >= 4 is 5.97 Å². The molecule has 1 saturated carbocycles. The molecule has 90 valence electrons. The van der Waals surface area contributed by atoms with Crippen LogP contribution in [0.3, 0.4) is 0 Å². The summed E-state index contributed by atoms with van der Waals surface area (Å²) in [5, 5.41) is 8.82. The first-order chi connectivity index (χ1) is 7.67. The van der Waals surface area contributed by atoms with E-state index in [1.165, 1.54) is 0 Å². The van der Waals surface area contributed by atoms with Crippen LogP contribution in [0.15, 0.2) is 0 Å². The lowest BCUT2D eigenvalue weighted by Gasteiger charge is -2.35. The molecule has 4 heteroatoms. The van der Waals surface area contributed by atoms with E-state index in [-0.39, 0.29) is 18.7 Å². The summed E-state index contributed by atoms with van der Waals surface area (Å²) in [6, 6.07) is 0.242. The molecule has 0 bridgehead atoms. The van der Waals surface area contributed by atoms with Gasteiger partial charge in [-0.1, -0.05) is 5.92 Å². The van der Waals surface area contributed by atoms with Crippen LogP contribution in [-0.2, 0) is 9.53 Å².